The summed E-state index contributed by atoms with van der Waals surface area (Å²) in [7, 11) is -1.59. The number of guanidine groups is 1. The van der Waals surface area contributed by atoms with Crippen molar-refractivity contribution >= 4 is 39.8 Å². The van der Waals surface area contributed by atoms with E-state index in [2.05, 4.69) is 15.6 Å². The smallest absolute Gasteiger partial charge is 0.191 e. The number of aliphatic imine (C=N–C) groups is 1. The maximum absolute atomic E-state index is 13.6. The molecule has 0 radical (unpaired) electrons. The fourth-order valence-electron chi connectivity index (χ4n) is 2.55. The van der Waals surface area contributed by atoms with E-state index in [1.165, 1.54) is 23.8 Å². The minimum absolute atomic E-state index is 0. The first-order valence-corrected chi connectivity index (χ1v) is 10.9. The number of benzene rings is 2. The van der Waals surface area contributed by atoms with Crippen molar-refractivity contribution in [1.82, 2.24) is 10.6 Å². The molecule has 0 atom stereocenters. The Morgan fingerprint density at radius 2 is 1.79 bits per heavy atom. The van der Waals surface area contributed by atoms with E-state index in [-0.39, 0.29) is 36.3 Å². The number of halogens is 2. The Labute approximate surface area is 188 Å². The van der Waals surface area contributed by atoms with Gasteiger partial charge in [-0.05, 0) is 42.3 Å². The molecule has 2 rings (SSSR count). The summed E-state index contributed by atoms with van der Waals surface area (Å²) in [4.78, 5) is 4.11. The normalized spacial score (nSPS) is 11.5. The van der Waals surface area contributed by atoms with Crippen LogP contribution in [0, 0.1) is 12.7 Å². The van der Waals surface area contributed by atoms with Gasteiger partial charge in [0.2, 0.25) is 0 Å². The van der Waals surface area contributed by atoms with E-state index in [0.717, 1.165) is 12.0 Å². The average molecular weight is 535 g/mol. The van der Waals surface area contributed by atoms with Gasteiger partial charge in [0.15, 0.2) is 15.8 Å². The van der Waals surface area contributed by atoms with Gasteiger partial charge in [-0.25, -0.2) is 12.8 Å². The van der Waals surface area contributed by atoms with Crippen molar-refractivity contribution in [2.45, 2.75) is 19.2 Å². The summed E-state index contributed by atoms with van der Waals surface area (Å²) in [5, 5.41) is 6.17. The Balaban J connectivity index is 0.00000420. The first kappa shape index (κ1) is 25.2. The third kappa shape index (κ3) is 9.44. The lowest BCUT2D eigenvalue weighted by molar-refractivity contribution is 0.322. The second kappa shape index (κ2) is 12.0. The lowest BCUT2D eigenvalue weighted by Crippen LogP contribution is -2.39. The van der Waals surface area contributed by atoms with Crippen molar-refractivity contribution in [2.24, 2.45) is 4.99 Å². The molecule has 0 saturated carbocycles. The van der Waals surface area contributed by atoms with E-state index in [0.29, 0.717) is 30.2 Å². The zero-order valence-electron chi connectivity index (χ0n) is 16.7. The van der Waals surface area contributed by atoms with Gasteiger partial charge in [-0.2, -0.15) is 0 Å². The van der Waals surface area contributed by atoms with Crippen LogP contribution in [-0.2, 0) is 22.1 Å². The van der Waals surface area contributed by atoms with E-state index in [4.69, 9.17) is 4.74 Å². The molecule has 0 fully saturated rings. The second-order valence-electron chi connectivity index (χ2n) is 6.50. The SMILES string of the molecule is CN=C(NCCOc1ccc(C)cc1)NCc1cc(F)ccc1CS(C)(=O)=O.I. The molecule has 2 aromatic carbocycles. The van der Waals surface area contributed by atoms with Crippen LogP contribution in [0.1, 0.15) is 16.7 Å². The van der Waals surface area contributed by atoms with Crippen LogP contribution in [0.5, 0.6) is 5.75 Å². The van der Waals surface area contributed by atoms with Gasteiger partial charge in [-0.1, -0.05) is 23.8 Å². The Bertz CT molecular complexity index is 919. The molecular formula is C20H27FIN3O3S. The molecule has 0 aromatic heterocycles. The van der Waals surface area contributed by atoms with E-state index in [9.17, 15) is 12.8 Å². The highest BCUT2D eigenvalue weighted by Crippen LogP contribution is 2.14. The second-order valence-corrected chi connectivity index (χ2v) is 8.64. The van der Waals surface area contributed by atoms with Crippen molar-refractivity contribution in [2.75, 3.05) is 26.5 Å². The van der Waals surface area contributed by atoms with Gasteiger partial charge in [-0.15, -0.1) is 24.0 Å². The van der Waals surface area contributed by atoms with Crippen LogP contribution in [0.25, 0.3) is 0 Å². The predicted molar refractivity (Wildman–Crippen MR) is 125 cm³/mol. The van der Waals surface area contributed by atoms with Crippen molar-refractivity contribution in [3.05, 3.63) is 65.0 Å². The van der Waals surface area contributed by atoms with Crippen LogP contribution in [0.3, 0.4) is 0 Å². The van der Waals surface area contributed by atoms with E-state index >= 15 is 0 Å². The van der Waals surface area contributed by atoms with Gasteiger partial charge in [-0.3, -0.25) is 4.99 Å². The highest BCUT2D eigenvalue weighted by Gasteiger charge is 2.11. The minimum Gasteiger partial charge on any atom is -0.492 e. The summed E-state index contributed by atoms with van der Waals surface area (Å²) >= 11 is 0. The number of sulfone groups is 1. The van der Waals surface area contributed by atoms with Gasteiger partial charge in [0.05, 0.1) is 12.3 Å². The molecule has 0 bridgehead atoms. The number of rotatable bonds is 8. The fourth-order valence-corrected chi connectivity index (χ4v) is 3.40. The average Bonchev–Trinajstić information content (AvgIpc) is 2.63. The van der Waals surface area contributed by atoms with Gasteiger partial charge >= 0.3 is 0 Å². The van der Waals surface area contributed by atoms with Crippen molar-refractivity contribution in [1.29, 1.82) is 0 Å². The monoisotopic (exact) mass is 535 g/mol. The van der Waals surface area contributed by atoms with Crippen molar-refractivity contribution in [3.63, 3.8) is 0 Å². The maximum Gasteiger partial charge on any atom is 0.191 e. The number of ether oxygens (including phenoxy) is 1. The summed E-state index contributed by atoms with van der Waals surface area (Å²) in [5.41, 5.74) is 2.31. The lowest BCUT2D eigenvalue weighted by Gasteiger charge is -2.14. The summed E-state index contributed by atoms with van der Waals surface area (Å²) in [6.07, 6.45) is 1.15. The van der Waals surface area contributed by atoms with Crippen LogP contribution < -0.4 is 15.4 Å². The molecule has 0 aliphatic carbocycles. The predicted octanol–water partition coefficient (Wildman–Crippen LogP) is 3.04. The molecule has 2 aromatic rings. The highest BCUT2D eigenvalue weighted by atomic mass is 127. The topological polar surface area (TPSA) is 79.8 Å². The lowest BCUT2D eigenvalue weighted by atomic mass is 10.1. The quantitative estimate of drug-likeness (QED) is 0.235. The summed E-state index contributed by atoms with van der Waals surface area (Å²) in [6.45, 7) is 3.23. The van der Waals surface area contributed by atoms with Crippen LogP contribution in [0.4, 0.5) is 4.39 Å². The Morgan fingerprint density at radius 3 is 2.41 bits per heavy atom. The van der Waals surface area contributed by atoms with Gasteiger partial charge < -0.3 is 15.4 Å². The summed E-state index contributed by atoms with van der Waals surface area (Å²) < 4.78 is 42.4. The first-order chi connectivity index (χ1) is 13.3. The molecule has 0 heterocycles. The van der Waals surface area contributed by atoms with E-state index in [1.54, 1.807) is 7.05 Å². The molecule has 0 aliphatic rings. The molecular weight excluding hydrogens is 508 g/mol. The fraction of sp³-hybridized carbons (Fsp3) is 0.350. The maximum atomic E-state index is 13.6. The molecule has 2 N–H and O–H groups in total. The number of nitrogens with zero attached hydrogens (tertiary/aromatic N) is 1. The first-order valence-electron chi connectivity index (χ1n) is 8.86. The zero-order chi connectivity index (χ0) is 20.6. The third-order valence-corrected chi connectivity index (χ3v) is 4.78. The molecule has 29 heavy (non-hydrogen) atoms. The molecule has 0 unspecified atom stereocenters. The largest absolute Gasteiger partial charge is 0.492 e. The summed E-state index contributed by atoms with van der Waals surface area (Å²) in [6, 6.07) is 11.9. The Kier molecular flexibility index (Phi) is 10.4. The number of hydrogen-bond donors (Lipinski definition) is 2. The van der Waals surface area contributed by atoms with Crippen molar-refractivity contribution < 1.29 is 17.5 Å². The molecule has 160 valence electrons. The van der Waals surface area contributed by atoms with Crippen LogP contribution in [-0.4, -0.2) is 40.8 Å². The zero-order valence-corrected chi connectivity index (χ0v) is 19.9. The number of aryl methyl sites for hydroxylation is 1. The van der Waals surface area contributed by atoms with Gasteiger partial charge in [0.1, 0.15) is 18.2 Å². The van der Waals surface area contributed by atoms with E-state index in [1.807, 2.05) is 31.2 Å². The molecule has 0 spiro atoms. The Hall–Kier alpha value is -1.88. The number of nitrogens with one attached hydrogen (secondary N) is 2. The van der Waals surface area contributed by atoms with Gasteiger partial charge in [0.25, 0.3) is 0 Å². The number of hydrogen-bond acceptors (Lipinski definition) is 4. The van der Waals surface area contributed by atoms with Crippen LogP contribution in [0.2, 0.25) is 0 Å². The molecule has 0 aliphatic heterocycles. The van der Waals surface area contributed by atoms with E-state index < -0.39 is 15.7 Å². The Morgan fingerprint density at radius 1 is 1.10 bits per heavy atom. The van der Waals surface area contributed by atoms with Crippen LogP contribution in [0.15, 0.2) is 47.5 Å². The standard InChI is InChI=1S/C20H26FN3O3S.HI/c1-15-4-8-19(9-5-15)27-11-10-23-20(22-2)24-13-17-12-18(21)7-6-16(17)14-28(3,25)26;/h4-9,12H,10-11,13-14H2,1-3H3,(H2,22,23,24);1H. The van der Waals surface area contributed by atoms with Gasteiger partial charge in [0, 0.05) is 19.8 Å². The van der Waals surface area contributed by atoms with Crippen molar-refractivity contribution in [3.8, 4) is 5.75 Å². The minimum atomic E-state index is -3.22. The third-order valence-electron chi connectivity index (χ3n) is 3.94. The highest BCUT2D eigenvalue weighted by molar-refractivity contribution is 14.0. The summed E-state index contributed by atoms with van der Waals surface area (Å²) in [5.74, 6) is 0.756. The molecule has 9 heteroatoms. The molecule has 0 saturated heterocycles. The molecule has 6 nitrogen and oxygen atoms in total. The molecule has 0 amide bonds. The van der Waals surface area contributed by atoms with Crippen LogP contribution >= 0.6 is 24.0 Å².